The molecule has 1 aliphatic heterocycles. The van der Waals surface area contributed by atoms with E-state index < -0.39 is 6.10 Å². The van der Waals surface area contributed by atoms with E-state index in [1.54, 1.807) is 7.11 Å². The van der Waals surface area contributed by atoms with Gasteiger partial charge in [0.1, 0.15) is 0 Å². The number of aliphatic hydroxyl groups is 1. The normalized spacial score (nSPS) is 21.6. The Morgan fingerprint density at radius 3 is 2.70 bits per heavy atom. The zero-order valence-corrected chi connectivity index (χ0v) is 13.3. The Morgan fingerprint density at radius 1 is 1.30 bits per heavy atom. The fourth-order valence-corrected chi connectivity index (χ4v) is 2.54. The summed E-state index contributed by atoms with van der Waals surface area (Å²) in [6, 6.07) is 1.00. The molecule has 20 heavy (non-hydrogen) atoms. The van der Waals surface area contributed by atoms with Gasteiger partial charge in [0.15, 0.2) is 0 Å². The van der Waals surface area contributed by atoms with E-state index in [4.69, 9.17) is 9.47 Å². The summed E-state index contributed by atoms with van der Waals surface area (Å²) in [4.78, 5) is 2.34. The molecule has 2 N–H and O–H groups in total. The molecule has 0 saturated carbocycles. The molecule has 0 amide bonds. The third kappa shape index (κ3) is 7.55. The van der Waals surface area contributed by atoms with Gasteiger partial charge in [-0.05, 0) is 33.2 Å². The first-order valence-corrected chi connectivity index (χ1v) is 7.85. The lowest BCUT2D eigenvalue weighted by atomic mass is 10.0. The van der Waals surface area contributed by atoms with Crippen LogP contribution in [0, 0.1) is 0 Å². The minimum Gasteiger partial charge on any atom is -0.389 e. The smallest absolute Gasteiger partial charge is 0.0900 e. The predicted molar refractivity (Wildman–Crippen MR) is 81.1 cm³/mol. The van der Waals surface area contributed by atoms with E-state index in [1.807, 2.05) is 0 Å². The third-order valence-electron chi connectivity index (χ3n) is 3.78. The van der Waals surface area contributed by atoms with Gasteiger partial charge >= 0.3 is 0 Å². The Balaban J connectivity index is 2.26. The van der Waals surface area contributed by atoms with Crippen LogP contribution in [-0.2, 0) is 9.47 Å². The molecule has 2 unspecified atom stereocenters. The van der Waals surface area contributed by atoms with Crippen molar-refractivity contribution in [2.24, 2.45) is 0 Å². The van der Waals surface area contributed by atoms with Crippen LogP contribution in [0.3, 0.4) is 0 Å². The lowest BCUT2D eigenvalue weighted by Gasteiger charge is -2.34. The monoisotopic (exact) mass is 288 g/mol. The van der Waals surface area contributed by atoms with E-state index in [-0.39, 0.29) is 0 Å². The van der Waals surface area contributed by atoms with Crippen LogP contribution in [0.1, 0.15) is 33.1 Å². The quantitative estimate of drug-likeness (QED) is 0.584. The molecule has 1 saturated heterocycles. The molecule has 1 aliphatic rings. The SMILES string of the molecule is COCCOCC(O)CN(CC1CCCCN1)C(C)C. The number of ether oxygens (including phenoxy) is 2. The zero-order valence-electron chi connectivity index (χ0n) is 13.3. The molecule has 120 valence electrons. The predicted octanol–water partition coefficient (Wildman–Crippen LogP) is 0.863. The van der Waals surface area contributed by atoms with Gasteiger partial charge in [0.25, 0.3) is 0 Å². The van der Waals surface area contributed by atoms with Gasteiger partial charge < -0.3 is 19.9 Å². The second kappa shape index (κ2) is 10.5. The van der Waals surface area contributed by atoms with Crippen molar-refractivity contribution in [3.05, 3.63) is 0 Å². The minimum absolute atomic E-state index is 0.380. The fourth-order valence-electron chi connectivity index (χ4n) is 2.54. The number of nitrogens with zero attached hydrogens (tertiary/aromatic N) is 1. The van der Waals surface area contributed by atoms with Crippen LogP contribution >= 0.6 is 0 Å². The first-order chi connectivity index (χ1) is 9.63. The largest absolute Gasteiger partial charge is 0.389 e. The molecule has 0 aromatic carbocycles. The first kappa shape index (κ1) is 17.9. The van der Waals surface area contributed by atoms with Gasteiger partial charge in [-0.15, -0.1) is 0 Å². The second-order valence-corrected chi connectivity index (χ2v) is 5.92. The minimum atomic E-state index is -0.433. The summed E-state index contributed by atoms with van der Waals surface area (Å²) in [7, 11) is 1.65. The van der Waals surface area contributed by atoms with Crippen molar-refractivity contribution >= 4 is 0 Å². The van der Waals surface area contributed by atoms with Crippen LogP contribution in [-0.4, -0.2) is 74.8 Å². The highest BCUT2D eigenvalue weighted by molar-refractivity contribution is 4.79. The Bertz CT molecular complexity index is 233. The third-order valence-corrected chi connectivity index (χ3v) is 3.78. The van der Waals surface area contributed by atoms with Crippen molar-refractivity contribution in [2.75, 3.05) is 46.6 Å². The summed E-state index contributed by atoms with van der Waals surface area (Å²) in [5.74, 6) is 0. The van der Waals surface area contributed by atoms with Crippen LogP contribution in [0.2, 0.25) is 0 Å². The maximum Gasteiger partial charge on any atom is 0.0900 e. The van der Waals surface area contributed by atoms with Gasteiger partial charge in [0.05, 0.1) is 25.9 Å². The van der Waals surface area contributed by atoms with E-state index >= 15 is 0 Å². The topological polar surface area (TPSA) is 54.0 Å². The van der Waals surface area contributed by atoms with E-state index in [9.17, 15) is 5.11 Å². The average Bonchev–Trinajstić information content (AvgIpc) is 2.44. The summed E-state index contributed by atoms with van der Waals surface area (Å²) >= 11 is 0. The number of piperidine rings is 1. The lowest BCUT2D eigenvalue weighted by Crippen LogP contribution is -2.48. The molecule has 0 aliphatic carbocycles. The number of aliphatic hydroxyl groups excluding tert-OH is 1. The molecule has 1 rings (SSSR count). The maximum absolute atomic E-state index is 10.1. The fraction of sp³-hybridized carbons (Fsp3) is 1.00. The maximum atomic E-state index is 10.1. The number of methoxy groups -OCH3 is 1. The molecule has 0 spiro atoms. The van der Waals surface area contributed by atoms with Crippen molar-refractivity contribution in [1.29, 1.82) is 0 Å². The number of nitrogens with one attached hydrogen (secondary N) is 1. The Kier molecular flexibility index (Phi) is 9.39. The van der Waals surface area contributed by atoms with E-state index in [0.29, 0.717) is 38.4 Å². The van der Waals surface area contributed by atoms with Gasteiger partial charge in [-0.1, -0.05) is 6.42 Å². The van der Waals surface area contributed by atoms with Gasteiger partial charge in [0.2, 0.25) is 0 Å². The van der Waals surface area contributed by atoms with Crippen molar-refractivity contribution in [3.8, 4) is 0 Å². The van der Waals surface area contributed by atoms with Crippen LogP contribution in [0.15, 0.2) is 0 Å². The Labute approximate surface area is 123 Å². The van der Waals surface area contributed by atoms with Gasteiger partial charge in [-0.2, -0.15) is 0 Å². The number of hydrogen-bond donors (Lipinski definition) is 2. The summed E-state index contributed by atoms with van der Waals surface area (Å²) in [5.41, 5.74) is 0. The zero-order chi connectivity index (χ0) is 14.8. The first-order valence-electron chi connectivity index (χ1n) is 7.85. The highest BCUT2D eigenvalue weighted by Crippen LogP contribution is 2.11. The van der Waals surface area contributed by atoms with E-state index in [2.05, 4.69) is 24.1 Å². The molecule has 0 radical (unpaired) electrons. The summed E-state index contributed by atoms with van der Waals surface area (Å²) in [6.45, 7) is 8.66. The highest BCUT2D eigenvalue weighted by atomic mass is 16.5. The molecule has 0 aromatic rings. The Morgan fingerprint density at radius 2 is 2.10 bits per heavy atom. The van der Waals surface area contributed by atoms with Crippen LogP contribution in [0.25, 0.3) is 0 Å². The summed E-state index contributed by atoms with van der Waals surface area (Å²) in [6.07, 6.45) is 3.40. The lowest BCUT2D eigenvalue weighted by molar-refractivity contribution is -0.00616. The number of hydrogen-bond acceptors (Lipinski definition) is 5. The molecule has 1 heterocycles. The molecule has 2 atom stereocenters. The second-order valence-electron chi connectivity index (χ2n) is 5.92. The van der Waals surface area contributed by atoms with Crippen LogP contribution in [0.5, 0.6) is 0 Å². The van der Waals surface area contributed by atoms with E-state index in [1.165, 1.54) is 19.3 Å². The van der Waals surface area contributed by atoms with E-state index in [0.717, 1.165) is 13.1 Å². The molecule has 1 fully saturated rings. The standard InChI is InChI=1S/C15H32N2O3/c1-13(2)17(10-14-6-4-5-7-16-14)11-15(18)12-20-9-8-19-3/h13-16,18H,4-12H2,1-3H3. The molecule has 0 bridgehead atoms. The van der Waals surface area contributed by atoms with Crippen molar-refractivity contribution in [1.82, 2.24) is 10.2 Å². The molecular formula is C15H32N2O3. The van der Waals surface area contributed by atoms with Gasteiger partial charge in [0, 0.05) is 32.3 Å². The molecule has 0 aromatic heterocycles. The molecule has 5 heteroatoms. The Hall–Kier alpha value is -0.200. The van der Waals surface area contributed by atoms with Gasteiger partial charge in [-0.3, -0.25) is 4.90 Å². The summed E-state index contributed by atoms with van der Waals surface area (Å²) < 4.78 is 10.3. The van der Waals surface area contributed by atoms with Crippen molar-refractivity contribution in [2.45, 2.75) is 51.3 Å². The summed E-state index contributed by atoms with van der Waals surface area (Å²) in [5, 5.41) is 13.6. The van der Waals surface area contributed by atoms with Crippen LogP contribution < -0.4 is 5.32 Å². The van der Waals surface area contributed by atoms with Gasteiger partial charge in [-0.25, -0.2) is 0 Å². The van der Waals surface area contributed by atoms with Crippen LogP contribution in [0.4, 0.5) is 0 Å². The van der Waals surface area contributed by atoms with Crippen molar-refractivity contribution in [3.63, 3.8) is 0 Å². The van der Waals surface area contributed by atoms with Crippen molar-refractivity contribution < 1.29 is 14.6 Å². The molecular weight excluding hydrogens is 256 g/mol. The molecule has 5 nitrogen and oxygen atoms in total. The number of rotatable bonds is 10. The highest BCUT2D eigenvalue weighted by Gasteiger charge is 2.20. The average molecular weight is 288 g/mol.